The van der Waals surface area contributed by atoms with Crippen LogP contribution < -0.4 is 15.5 Å². The Morgan fingerprint density at radius 1 is 1.14 bits per heavy atom. The highest BCUT2D eigenvalue weighted by Crippen LogP contribution is 2.22. The van der Waals surface area contributed by atoms with E-state index in [1.165, 1.54) is 12.1 Å². The van der Waals surface area contributed by atoms with Gasteiger partial charge in [-0.15, -0.1) is 0 Å². The Kier molecular flexibility index (Phi) is 8.11. The van der Waals surface area contributed by atoms with Crippen LogP contribution in [0.15, 0.2) is 66.9 Å². The molecule has 4 rings (SSSR count). The summed E-state index contributed by atoms with van der Waals surface area (Å²) in [6, 6.07) is 18.0. The van der Waals surface area contributed by atoms with Crippen molar-refractivity contribution in [1.29, 1.82) is 5.26 Å². The molecule has 1 aliphatic rings. The number of pyridine rings is 1. The average Bonchev–Trinajstić information content (AvgIpc) is 2.91. The fraction of sp³-hybridized carbons (Fsp3) is 0.286. The highest BCUT2D eigenvalue weighted by molar-refractivity contribution is 5.95. The molecule has 0 saturated carbocycles. The first-order valence-electron chi connectivity index (χ1n) is 12.1. The van der Waals surface area contributed by atoms with Crippen LogP contribution in [0.5, 0.6) is 0 Å². The molecule has 2 aromatic carbocycles. The van der Waals surface area contributed by atoms with Crippen molar-refractivity contribution in [2.45, 2.75) is 18.9 Å². The number of benzene rings is 2. The molecule has 2 heterocycles. The zero-order valence-corrected chi connectivity index (χ0v) is 20.8. The predicted octanol–water partition coefficient (Wildman–Crippen LogP) is 3.44. The Hall–Kier alpha value is -4.29. The molecule has 1 saturated heterocycles. The lowest BCUT2D eigenvalue weighted by molar-refractivity contribution is -0.129. The maximum atomic E-state index is 14.0. The molecule has 1 fully saturated rings. The van der Waals surface area contributed by atoms with Crippen molar-refractivity contribution in [1.82, 2.24) is 15.2 Å². The van der Waals surface area contributed by atoms with Crippen LogP contribution in [0.25, 0.3) is 0 Å². The summed E-state index contributed by atoms with van der Waals surface area (Å²) >= 11 is 0. The van der Waals surface area contributed by atoms with Crippen molar-refractivity contribution in [3.8, 4) is 6.07 Å². The number of anilines is 2. The third kappa shape index (κ3) is 6.48. The van der Waals surface area contributed by atoms with Crippen LogP contribution in [-0.4, -0.2) is 54.9 Å². The summed E-state index contributed by atoms with van der Waals surface area (Å²) in [6.07, 6.45) is 1.63. The molecule has 2 N–H and O–H groups in total. The number of rotatable bonds is 8. The van der Waals surface area contributed by atoms with E-state index >= 15 is 0 Å². The Morgan fingerprint density at radius 3 is 2.57 bits per heavy atom. The number of piperazine rings is 1. The van der Waals surface area contributed by atoms with E-state index in [-0.39, 0.29) is 24.3 Å². The number of nitrogens with zero attached hydrogens (tertiary/aromatic N) is 4. The van der Waals surface area contributed by atoms with Gasteiger partial charge < -0.3 is 20.4 Å². The van der Waals surface area contributed by atoms with Gasteiger partial charge in [0.05, 0.1) is 30.1 Å². The van der Waals surface area contributed by atoms with E-state index < -0.39 is 11.9 Å². The molecule has 0 aliphatic carbocycles. The first-order chi connectivity index (χ1) is 17.8. The molecule has 190 valence electrons. The number of aromatic nitrogens is 1. The second-order valence-corrected chi connectivity index (χ2v) is 9.16. The standard InChI is InChI=1S/C28H29FN6O2/c1-19(21-8-6-20(15-30)7-9-21)16-32-27(22-4-3-5-23(29)14-22)28(37)33-25-11-10-24(17-31-25)35-13-12-34(2)26(36)18-35/h3-11,14,17,19,27,32H,12-13,16,18H2,1-2H3,(H,31,33,37)/t19-,27+/m1/s1. The highest BCUT2D eigenvalue weighted by Gasteiger charge is 2.24. The first-order valence-corrected chi connectivity index (χ1v) is 12.1. The predicted molar refractivity (Wildman–Crippen MR) is 139 cm³/mol. The number of hydrogen-bond acceptors (Lipinski definition) is 6. The van der Waals surface area contributed by atoms with Gasteiger partial charge >= 0.3 is 0 Å². The fourth-order valence-corrected chi connectivity index (χ4v) is 4.17. The van der Waals surface area contributed by atoms with E-state index in [0.717, 1.165) is 11.3 Å². The maximum absolute atomic E-state index is 14.0. The van der Waals surface area contributed by atoms with E-state index in [4.69, 9.17) is 5.26 Å². The number of nitrogens with one attached hydrogen (secondary N) is 2. The van der Waals surface area contributed by atoms with Gasteiger partial charge in [-0.2, -0.15) is 5.26 Å². The number of nitriles is 1. The number of carbonyl (C=O) groups is 2. The molecule has 3 aromatic rings. The van der Waals surface area contributed by atoms with Crippen molar-refractivity contribution >= 4 is 23.3 Å². The smallest absolute Gasteiger partial charge is 0.247 e. The van der Waals surface area contributed by atoms with Crippen molar-refractivity contribution in [2.24, 2.45) is 0 Å². The maximum Gasteiger partial charge on any atom is 0.247 e. The Labute approximate surface area is 215 Å². The van der Waals surface area contributed by atoms with Crippen molar-refractivity contribution in [3.63, 3.8) is 0 Å². The van der Waals surface area contributed by atoms with Gasteiger partial charge in [0.15, 0.2) is 0 Å². The van der Waals surface area contributed by atoms with Crippen LogP contribution in [0.4, 0.5) is 15.9 Å². The molecule has 1 aromatic heterocycles. The second-order valence-electron chi connectivity index (χ2n) is 9.16. The molecular weight excluding hydrogens is 471 g/mol. The van der Waals surface area contributed by atoms with Crippen molar-refractivity contribution in [2.75, 3.05) is 43.4 Å². The molecule has 0 spiro atoms. The minimum atomic E-state index is -0.812. The van der Waals surface area contributed by atoms with E-state index in [0.29, 0.717) is 36.6 Å². The normalized spacial score (nSPS) is 15.1. The lowest BCUT2D eigenvalue weighted by atomic mass is 9.98. The third-order valence-electron chi connectivity index (χ3n) is 6.50. The lowest BCUT2D eigenvalue weighted by Crippen LogP contribution is -2.48. The monoisotopic (exact) mass is 500 g/mol. The SMILES string of the molecule is C[C@H](CN[C@H](C(=O)Nc1ccc(N2CCN(C)C(=O)C2)cn1)c1cccc(F)c1)c1ccc(C#N)cc1. The Balaban J connectivity index is 1.45. The van der Waals surface area contributed by atoms with Crippen LogP contribution in [0, 0.1) is 17.1 Å². The first kappa shape index (κ1) is 25.8. The summed E-state index contributed by atoms with van der Waals surface area (Å²) in [7, 11) is 1.78. The number of hydrogen-bond donors (Lipinski definition) is 2. The summed E-state index contributed by atoms with van der Waals surface area (Å²) in [5.74, 6) is -0.352. The fourth-order valence-electron chi connectivity index (χ4n) is 4.17. The van der Waals surface area contributed by atoms with Gasteiger partial charge in [0.2, 0.25) is 11.8 Å². The minimum absolute atomic E-state index is 0.0420. The van der Waals surface area contributed by atoms with Gasteiger partial charge in [-0.25, -0.2) is 9.37 Å². The lowest BCUT2D eigenvalue weighted by Gasteiger charge is -2.33. The molecule has 1 aliphatic heterocycles. The van der Waals surface area contributed by atoms with Crippen LogP contribution in [0.2, 0.25) is 0 Å². The number of amides is 2. The zero-order valence-electron chi connectivity index (χ0n) is 20.8. The van der Waals surface area contributed by atoms with Gasteiger partial charge in [0.1, 0.15) is 17.7 Å². The van der Waals surface area contributed by atoms with Gasteiger partial charge in [-0.05, 0) is 53.4 Å². The molecule has 2 amide bonds. The van der Waals surface area contributed by atoms with E-state index in [1.807, 2.05) is 30.0 Å². The van der Waals surface area contributed by atoms with E-state index in [9.17, 15) is 14.0 Å². The molecule has 2 atom stereocenters. The Bertz CT molecular complexity index is 1290. The van der Waals surface area contributed by atoms with Gasteiger partial charge in [0.25, 0.3) is 0 Å². The summed E-state index contributed by atoms with van der Waals surface area (Å²) in [5.41, 5.74) is 2.90. The molecular formula is C28H29FN6O2. The summed E-state index contributed by atoms with van der Waals surface area (Å²) < 4.78 is 14.0. The Morgan fingerprint density at radius 2 is 1.92 bits per heavy atom. The van der Waals surface area contributed by atoms with Crippen molar-refractivity contribution in [3.05, 3.63) is 89.4 Å². The van der Waals surface area contributed by atoms with E-state index in [2.05, 4.69) is 21.7 Å². The second kappa shape index (κ2) is 11.6. The summed E-state index contributed by atoms with van der Waals surface area (Å²) in [6.45, 7) is 4.09. The van der Waals surface area contributed by atoms with Crippen LogP contribution in [0.3, 0.4) is 0 Å². The van der Waals surface area contributed by atoms with Gasteiger partial charge in [-0.3, -0.25) is 9.59 Å². The molecule has 0 radical (unpaired) electrons. The topological polar surface area (TPSA) is 101 Å². The quantitative estimate of drug-likeness (QED) is 0.491. The number of halogens is 1. The molecule has 37 heavy (non-hydrogen) atoms. The number of carbonyl (C=O) groups excluding carboxylic acids is 2. The summed E-state index contributed by atoms with van der Waals surface area (Å²) in [4.78, 5) is 33.3. The average molecular weight is 501 g/mol. The van der Waals surface area contributed by atoms with Gasteiger partial charge in [0, 0.05) is 26.7 Å². The molecule has 8 nitrogen and oxygen atoms in total. The van der Waals surface area contributed by atoms with E-state index in [1.54, 1.807) is 48.5 Å². The third-order valence-corrected chi connectivity index (χ3v) is 6.50. The van der Waals surface area contributed by atoms with Crippen LogP contribution >= 0.6 is 0 Å². The molecule has 0 bridgehead atoms. The minimum Gasteiger partial charge on any atom is -0.359 e. The molecule has 9 heteroatoms. The van der Waals surface area contributed by atoms with Crippen LogP contribution in [0.1, 0.15) is 35.6 Å². The van der Waals surface area contributed by atoms with Crippen LogP contribution in [-0.2, 0) is 9.59 Å². The van der Waals surface area contributed by atoms with Gasteiger partial charge in [-0.1, -0.05) is 31.2 Å². The summed E-state index contributed by atoms with van der Waals surface area (Å²) in [5, 5.41) is 15.1. The highest BCUT2D eigenvalue weighted by atomic mass is 19.1. The number of likely N-dealkylation sites (N-methyl/N-ethyl adjacent to an activating group) is 1. The van der Waals surface area contributed by atoms with Crippen molar-refractivity contribution < 1.29 is 14.0 Å². The molecule has 0 unspecified atom stereocenters. The largest absolute Gasteiger partial charge is 0.359 e. The zero-order chi connectivity index (χ0) is 26.4.